The number of nitrogens with zero attached hydrogens (tertiary/aromatic N) is 3. The summed E-state index contributed by atoms with van der Waals surface area (Å²) in [6.07, 6.45) is 4.68. The van der Waals surface area contributed by atoms with Crippen LogP contribution < -0.4 is 0 Å². The highest BCUT2D eigenvalue weighted by Crippen LogP contribution is 2.38. The van der Waals surface area contributed by atoms with Crippen molar-refractivity contribution in [3.8, 4) is 0 Å². The Kier molecular flexibility index (Phi) is 3.13. The van der Waals surface area contributed by atoms with Crippen molar-refractivity contribution in [2.75, 3.05) is 19.6 Å². The molecule has 0 bridgehead atoms. The molecule has 0 aromatic carbocycles. The van der Waals surface area contributed by atoms with Crippen molar-refractivity contribution in [2.24, 2.45) is 5.92 Å². The predicted octanol–water partition coefficient (Wildman–Crippen LogP) is 2.84. The van der Waals surface area contributed by atoms with Gasteiger partial charge < -0.3 is 9.47 Å². The Morgan fingerprint density at radius 3 is 2.83 bits per heavy atom. The maximum absolute atomic E-state index is 12.9. The van der Waals surface area contributed by atoms with Gasteiger partial charge in [-0.1, -0.05) is 0 Å². The second-order valence-corrected chi connectivity index (χ2v) is 7.94. The van der Waals surface area contributed by atoms with Gasteiger partial charge in [0.05, 0.1) is 12.1 Å². The normalized spacial score (nSPS) is 27.3. The first kappa shape index (κ1) is 13.8. The number of hydrogen-bond donors (Lipinski definition) is 0. The summed E-state index contributed by atoms with van der Waals surface area (Å²) in [6.45, 7) is 3.99. The SMILES string of the molecule is O=C1c2cccn2[C@@H]2CN(Cc3ccsc3)C[C@H]2N1CC1CC1. The van der Waals surface area contributed by atoms with E-state index >= 15 is 0 Å². The van der Waals surface area contributed by atoms with Crippen molar-refractivity contribution in [1.82, 2.24) is 14.4 Å². The first-order chi connectivity index (χ1) is 11.3. The molecule has 0 N–H and O–H groups in total. The van der Waals surface area contributed by atoms with Gasteiger partial charge >= 0.3 is 0 Å². The van der Waals surface area contributed by atoms with Gasteiger partial charge in [0, 0.05) is 32.4 Å². The third-order valence-corrected chi connectivity index (χ3v) is 6.22. The van der Waals surface area contributed by atoms with Gasteiger partial charge in [0.2, 0.25) is 0 Å². The lowest BCUT2D eigenvalue weighted by atomic mass is 10.1. The zero-order valence-electron chi connectivity index (χ0n) is 13.1. The van der Waals surface area contributed by atoms with Crippen LogP contribution in [0.4, 0.5) is 0 Å². The Morgan fingerprint density at radius 2 is 2.04 bits per heavy atom. The number of carbonyl (C=O) groups is 1. The molecule has 0 unspecified atom stereocenters. The largest absolute Gasteiger partial charge is 0.337 e. The first-order valence-corrected chi connectivity index (χ1v) is 9.45. The zero-order chi connectivity index (χ0) is 15.4. The van der Waals surface area contributed by atoms with Crippen LogP contribution in [0.3, 0.4) is 0 Å². The van der Waals surface area contributed by atoms with Gasteiger partial charge in [-0.05, 0) is 53.3 Å². The van der Waals surface area contributed by atoms with Crippen LogP contribution >= 0.6 is 11.3 Å². The number of rotatable bonds is 4. The molecule has 0 radical (unpaired) electrons. The predicted molar refractivity (Wildman–Crippen MR) is 90.6 cm³/mol. The van der Waals surface area contributed by atoms with Gasteiger partial charge in [-0.3, -0.25) is 9.69 Å². The van der Waals surface area contributed by atoms with E-state index in [0.717, 1.165) is 37.8 Å². The summed E-state index contributed by atoms with van der Waals surface area (Å²) in [5, 5.41) is 4.38. The number of fused-ring (bicyclic) bond motifs is 3. The van der Waals surface area contributed by atoms with E-state index in [4.69, 9.17) is 0 Å². The molecule has 1 saturated heterocycles. The van der Waals surface area contributed by atoms with Crippen molar-refractivity contribution >= 4 is 17.2 Å². The standard InChI is InChI=1S/C18H21N3OS/c22-18-15-2-1-6-20(15)16-10-19(8-14-5-7-23-12-14)11-17(16)21(18)9-13-3-4-13/h1-2,5-7,12-13,16-17H,3-4,8-11H2/t16-,17-/m1/s1. The van der Waals surface area contributed by atoms with Crippen molar-refractivity contribution in [2.45, 2.75) is 31.5 Å². The van der Waals surface area contributed by atoms with Crippen molar-refractivity contribution in [1.29, 1.82) is 0 Å². The van der Waals surface area contributed by atoms with Crippen LogP contribution in [0.25, 0.3) is 0 Å². The fourth-order valence-corrected chi connectivity index (χ4v) is 4.82. The summed E-state index contributed by atoms with van der Waals surface area (Å²) in [7, 11) is 0. The zero-order valence-corrected chi connectivity index (χ0v) is 13.9. The van der Waals surface area contributed by atoms with E-state index in [1.165, 1.54) is 18.4 Å². The van der Waals surface area contributed by atoms with Gasteiger partial charge in [0.25, 0.3) is 5.91 Å². The third kappa shape index (κ3) is 2.34. The van der Waals surface area contributed by atoms with Gasteiger partial charge in [-0.15, -0.1) is 0 Å². The molecular weight excluding hydrogens is 306 g/mol. The minimum atomic E-state index is 0.237. The van der Waals surface area contributed by atoms with E-state index in [-0.39, 0.29) is 5.91 Å². The Balaban J connectivity index is 1.43. The van der Waals surface area contributed by atoms with E-state index in [9.17, 15) is 4.79 Å². The van der Waals surface area contributed by atoms with E-state index in [0.29, 0.717) is 12.1 Å². The van der Waals surface area contributed by atoms with Gasteiger partial charge in [-0.2, -0.15) is 11.3 Å². The molecule has 5 heteroatoms. The fourth-order valence-electron chi connectivity index (χ4n) is 4.16. The minimum Gasteiger partial charge on any atom is -0.337 e. The molecule has 2 aliphatic heterocycles. The van der Waals surface area contributed by atoms with E-state index in [1.807, 2.05) is 12.1 Å². The Morgan fingerprint density at radius 1 is 1.17 bits per heavy atom. The minimum absolute atomic E-state index is 0.237. The number of aromatic nitrogens is 1. The van der Waals surface area contributed by atoms with Crippen molar-refractivity contribution in [3.63, 3.8) is 0 Å². The molecule has 2 aromatic heterocycles. The van der Waals surface area contributed by atoms with E-state index in [1.54, 1.807) is 11.3 Å². The molecule has 2 atom stereocenters. The molecule has 1 aliphatic carbocycles. The molecule has 0 spiro atoms. The number of likely N-dealkylation sites (tertiary alicyclic amines) is 1. The van der Waals surface area contributed by atoms with Gasteiger partial charge in [0.15, 0.2) is 0 Å². The Labute approximate surface area is 140 Å². The first-order valence-electron chi connectivity index (χ1n) is 8.51. The molecule has 1 saturated carbocycles. The highest BCUT2D eigenvalue weighted by molar-refractivity contribution is 7.07. The topological polar surface area (TPSA) is 28.5 Å². The third-order valence-electron chi connectivity index (χ3n) is 5.49. The number of carbonyl (C=O) groups excluding carboxylic acids is 1. The summed E-state index contributed by atoms with van der Waals surface area (Å²) in [5.41, 5.74) is 2.27. The smallest absolute Gasteiger partial charge is 0.270 e. The second kappa shape index (κ2) is 5.21. The second-order valence-electron chi connectivity index (χ2n) is 7.16. The lowest BCUT2D eigenvalue weighted by Gasteiger charge is -2.38. The summed E-state index contributed by atoms with van der Waals surface area (Å²) in [4.78, 5) is 17.6. The fraction of sp³-hybridized carbons (Fsp3) is 0.500. The van der Waals surface area contributed by atoms with Gasteiger partial charge in [-0.25, -0.2) is 0 Å². The molecule has 5 rings (SSSR count). The van der Waals surface area contributed by atoms with Crippen LogP contribution in [-0.4, -0.2) is 46.0 Å². The summed E-state index contributed by atoms with van der Waals surface area (Å²) in [5.74, 6) is 0.979. The van der Waals surface area contributed by atoms with Crippen molar-refractivity contribution in [3.05, 3.63) is 46.4 Å². The average molecular weight is 327 g/mol. The summed E-state index contributed by atoms with van der Waals surface area (Å²) < 4.78 is 2.23. The average Bonchev–Trinajstić information content (AvgIpc) is 2.99. The maximum atomic E-state index is 12.9. The molecule has 4 heterocycles. The number of thiophene rings is 1. The van der Waals surface area contributed by atoms with Crippen LogP contribution in [0.1, 0.15) is 34.9 Å². The molecule has 2 fully saturated rings. The van der Waals surface area contributed by atoms with Crippen LogP contribution in [0.15, 0.2) is 35.2 Å². The molecule has 3 aliphatic rings. The summed E-state index contributed by atoms with van der Waals surface area (Å²) >= 11 is 1.76. The molecular formula is C18H21N3OS. The molecule has 23 heavy (non-hydrogen) atoms. The Hall–Kier alpha value is -1.59. The van der Waals surface area contributed by atoms with E-state index in [2.05, 4.69) is 37.4 Å². The Bertz CT molecular complexity index is 718. The van der Waals surface area contributed by atoms with Crippen molar-refractivity contribution < 1.29 is 4.79 Å². The van der Waals surface area contributed by atoms with E-state index < -0.39 is 0 Å². The number of hydrogen-bond acceptors (Lipinski definition) is 3. The van der Waals surface area contributed by atoms with Gasteiger partial charge in [0.1, 0.15) is 5.69 Å². The highest BCUT2D eigenvalue weighted by atomic mass is 32.1. The molecule has 4 nitrogen and oxygen atoms in total. The number of amides is 1. The lowest BCUT2D eigenvalue weighted by molar-refractivity contribution is 0.0565. The quantitative estimate of drug-likeness (QED) is 0.864. The molecule has 2 aromatic rings. The van der Waals surface area contributed by atoms with Crippen LogP contribution in [0.2, 0.25) is 0 Å². The molecule has 1 amide bonds. The maximum Gasteiger partial charge on any atom is 0.270 e. The monoisotopic (exact) mass is 327 g/mol. The van der Waals surface area contributed by atoms with Crippen LogP contribution in [0.5, 0.6) is 0 Å². The van der Waals surface area contributed by atoms with Crippen LogP contribution in [0, 0.1) is 5.92 Å². The van der Waals surface area contributed by atoms with Crippen LogP contribution in [-0.2, 0) is 6.54 Å². The highest BCUT2D eigenvalue weighted by Gasteiger charge is 2.46. The molecule has 120 valence electrons. The summed E-state index contributed by atoms with van der Waals surface area (Å²) in [6, 6.07) is 6.96. The lowest BCUT2D eigenvalue weighted by Crippen LogP contribution is -2.51.